The molecule has 0 radical (unpaired) electrons. The summed E-state index contributed by atoms with van der Waals surface area (Å²) in [4.78, 5) is 5.09. The summed E-state index contributed by atoms with van der Waals surface area (Å²) in [5, 5.41) is 4.61. The maximum atomic E-state index is 6.34. The van der Waals surface area contributed by atoms with Crippen molar-refractivity contribution in [2.75, 3.05) is 0 Å². The van der Waals surface area contributed by atoms with Crippen LogP contribution in [-0.4, -0.2) is 9.55 Å². The molecule has 3 heteroatoms. The average Bonchev–Trinajstić information content (AvgIpc) is 3.77. The van der Waals surface area contributed by atoms with E-state index in [9.17, 15) is 0 Å². The predicted molar refractivity (Wildman–Crippen MR) is 208 cm³/mol. The second-order valence-electron chi connectivity index (χ2n) is 12.8. The molecular formula is C47H30N2O. The molecule has 0 saturated carbocycles. The van der Waals surface area contributed by atoms with E-state index < -0.39 is 0 Å². The Morgan fingerprint density at radius 1 is 0.400 bits per heavy atom. The van der Waals surface area contributed by atoms with Gasteiger partial charge in [0.05, 0.1) is 11.0 Å². The van der Waals surface area contributed by atoms with E-state index >= 15 is 0 Å². The van der Waals surface area contributed by atoms with E-state index in [0.717, 1.165) is 55.4 Å². The van der Waals surface area contributed by atoms with E-state index in [4.69, 9.17) is 9.40 Å². The Bertz CT molecular complexity index is 2830. The minimum atomic E-state index is 0.917. The minimum Gasteiger partial charge on any atom is -0.455 e. The van der Waals surface area contributed by atoms with Crippen LogP contribution in [0.3, 0.4) is 0 Å². The third kappa shape index (κ3) is 4.63. The summed E-state index contributed by atoms with van der Waals surface area (Å²) < 4.78 is 8.61. The van der Waals surface area contributed by atoms with Crippen LogP contribution in [0.5, 0.6) is 0 Å². The molecule has 2 aromatic heterocycles. The van der Waals surface area contributed by atoms with Gasteiger partial charge in [0.25, 0.3) is 0 Å². The molecule has 10 aromatic rings. The van der Waals surface area contributed by atoms with Crippen molar-refractivity contribution in [1.82, 2.24) is 9.55 Å². The van der Waals surface area contributed by atoms with Crippen molar-refractivity contribution in [3.63, 3.8) is 0 Å². The van der Waals surface area contributed by atoms with Crippen molar-refractivity contribution >= 4 is 43.7 Å². The summed E-state index contributed by atoms with van der Waals surface area (Å²) in [7, 11) is 0. The highest BCUT2D eigenvalue weighted by Crippen LogP contribution is 2.40. The van der Waals surface area contributed by atoms with E-state index in [2.05, 4.69) is 162 Å². The number of imidazole rings is 1. The smallest absolute Gasteiger partial charge is 0.145 e. The summed E-state index contributed by atoms with van der Waals surface area (Å²) >= 11 is 0. The molecule has 2 heterocycles. The zero-order valence-corrected chi connectivity index (χ0v) is 27.1. The zero-order chi connectivity index (χ0) is 33.0. The highest BCUT2D eigenvalue weighted by atomic mass is 16.3. The fourth-order valence-electron chi connectivity index (χ4n) is 7.35. The number of fused-ring (bicyclic) bond motifs is 6. The molecule has 0 aliphatic rings. The second-order valence-corrected chi connectivity index (χ2v) is 12.8. The molecule has 50 heavy (non-hydrogen) atoms. The average molecular weight is 639 g/mol. The van der Waals surface area contributed by atoms with Crippen LogP contribution in [0.25, 0.3) is 94.2 Å². The maximum absolute atomic E-state index is 6.34. The van der Waals surface area contributed by atoms with E-state index in [-0.39, 0.29) is 0 Å². The largest absolute Gasteiger partial charge is 0.455 e. The molecule has 0 atom stereocenters. The number of aromatic nitrogens is 2. The van der Waals surface area contributed by atoms with Crippen LogP contribution >= 0.6 is 0 Å². The quantitative estimate of drug-likeness (QED) is 0.188. The molecule has 0 unspecified atom stereocenters. The van der Waals surface area contributed by atoms with Gasteiger partial charge in [-0.3, -0.25) is 4.57 Å². The standard InChI is InChI=1S/C47H30N2O/c1-2-10-31(11-3-1)32-20-24-36(25-21-32)47-48-43-15-7-8-16-44(43)49(47)37-28-26-34(27-29-37)33-18-22-35(23-19-33)41-30-42-39-13-6-9-17-45(39)50-46(42)40-14-5-4-12-38(40)41/h1-30H. The molecule has 0 fully saturated rings. The minimum absolute atomic E-state index is 0.917. The van der Waals surface area contributed by atoms with Gasteiger partial charge in [0.2, 0.25) is 0 Å². The van der Waals surface area contributed by atoms with E-state index in [1.165, 1.54) is 38.8 Å². The van der Waals surface area contributed by atoms with Gasteiger partial charge in [0, 0.05) is 27.4 Å². The van der Waals surface area contributed by atoms with Crippen LogP contribution in [0, 0.1) is 0 Å². The Morgan fingerprint density at radius 2 is 0.940 bits per heavy atom. The SMILES string of the molecule is c1ccc(-c2ccc(-c3nc4ccccc4n3-c3ccc(-c4ccc(-c5cc6c7ccccc7oc6c6ccccc56)cc4)cc3)cc2)cc1. The van der Waals surface area contributed by atoms with Crippen molar-refractivity contribution in [3.05, 3.63) is 182 Å². The molecule has 0 spiro atoms. The number of hydrogen-bond donors (Lipinski definition) is 0. The van der Waals surface area contributed by atoms with Crippen LogP contribution in [0.1, 0.15) is 0 Å². The third-order valence-electron chi connectivity index (χ3n) is 9.85. The first-order valence-electron chi connectivity index (χ1n) is 17.0. The Labute approximate surface area is 289 Å². The first kappa shape index (κ1) is 28.3. The van der Waals surface area contributed by atoms with Gasteiger partial charge < -0.3 is 4.42 Å². The van der Waals surface area contributed by atoms with Crippen molar-refractivity contribution in [1.29, 1.82) is 0 Å². The zero-order valence-electron chi connectivity index (χ0n) is 27.1. The number of furan rings is 1. The highest BCUT2D eigenvalue weighted by molar-refractivity contribution is 6.19. The normalized spacial score (nSPS) is 11.6. The molecule has 0 bridgehead atoms. The van der Waals surface area contributed by atoms with Crippen molar-refractivity contribution in [2.24, 2.45) is 0 Å². The molecule has 3 nitrogen and oxygen atoms in total. The Balaban J connectivity index is 1.01. The molecular weight excluding hydrogens is 609 g/mol. The fourth-order valence-corrected chi connectivity index (χ4v) is 7.35. The Morgan fingerprint density at radius 3 is 1.68 bits per heavy atom. The van der Waals surface area contributed by atoms with Gasteiger partial charge in [-0.05, 0) is 75.2 Å². The van der Waals surface area contributed by atoms with Gasteiger partial charge in [-0.15, -0.1) is 0 Å². The van der Waals surface area contributed by atoms with E-state index in [1.807, 2.05) is 24.3 Å². The summed E-state index contributed by atoms with van der Waals surface area (Å²) in [6.07, 6.45) is 0. The molecule has 10 rings (SSSR count). The Kier molecular flexibility index (Phi) is 6.49. The molecule has 0 N–H and O–H groups in total. The van der Waals surface area contributed by atoms with Gasteiger partial charge in [-0.2, -0.15) is 0 Å². The molecule has 0 amide bonds. The van der Waals surface area contributed by atoms with Gasteiger partial charge in [-0.25, -0.2) is 4.98 Å². The van der Waals surface area contributed by atoms with Crippen LogP contribution in [0.15, 0.2) is 186 Å². The van der Waals surface area contributed by atoms with Crippen LogP contribution in [0.4, 0.5) is 0 Å². The lowest BCUT2D eigenvalue weighted by Gasteiger charge is -2.12. The predicted octanol–water partition coefficient (Wildman–Crippen LogP) is 12.7. The summed E-state index contributed by atoms with van der Waals surface area (Å²) in [5.74, 6) is 0.928. The Hall–Kier alpha value is -6.71. The van der Waals surface area contributed by atoms with E-state index in [1.54, 1.807) is 0 Å². The van der Waals surface area contributed by atoms with Crippen LogP contribution in [0.2, 0.25) is 0 Å². The second kappa shape index (κ2) is 11.5. The molecule has 0 saturated heterocycles. The first-order valence-corrected chi connectivity index (χ1v) is 17.0. The van der Waals surface area contributed by atoms with Gasteiger partial charge in [0.1, 0.15) is 17.0 Å². The summed E-state index contributed by atoms with van der Waals surface area (Å²) in [5.41, 5.74) is 13.2. The molecule has 8 aromatic carbocycles. The van der Waals surface area contributed by atoms with Crippen molar-refractivity contribution < 1.29 is 4.42 Å². The third-order valence-corrected chi connectivity index (χ3v) is 9.85. The van der Waals surface area contributed by atoms with Crippen molar-refractivity contribution in [3.8, 4) is 50.5 Å². The molecule has 234 valence electrons. The van der Waals surface area contributed by atoms with Gasteiger partial charge >= 0.3 is 0 Å². The number of nitrogens with zero attached hydrogens (tertiary/aromatic N) is 2. The molecule has 0 aliphatic heterocycles. The number of para-hydroxylation sites is 3. The van der Waals surface area contributed by atoms with Gasteiger partial charge in [-0.1, -0.05) is 146 Å². The lowest BCUT2D eigenvalue weighted by atomic mass is 9.94. The molecule has 0 aliphatic carbocycles. The topological polar surface area (TPSA) is 31.0 Å². The number of rotatable bonds is 5. The van der Waals surface area contributed by atoms with Gasteiger partial charge in [0.15, 0.2) is 0 Å². The lowest BCUT2D eigenvalue weighted by Crippen LogP contribution is -1.97. The van der Waals surface area contributed by atoms with E-state index in [0.29, 0.717) is 0 Å². The lowest BCUT2D eigenvalue weighted by molar-refractivity contribution is 0.672. The first-order chi connectivity index (χ1) is 24.8. The summed E-state index contributed by atoms with van der Waals surface area (Å²) in [6.45, 7) is 0. The maximum Gasteiger partial charge on any atom is 0.145 e. The van der Waals surface area contributed by atoms with Crippen molar-refractivity contribution in [2.45, 2.75) is 0 Å². The fraction of sp³-hybridized carbons (Fsp3) is 0. The number of benzene rings is 8. The van der Waals surface area contributed by atoms with Crippen LogP contribution in [-0.2, 0) is 0 Å². The monoisotopic (exact) mass is 638 g/mol. The number of hydrogen-bond acceptors (Lipinski definition) is 2. The van der Waals surface area contributed by atoms with Crippen LogP contribution < -0.4 is 0 Å². The summed E-state index contributed by atoms with van der Waals surface area (Å²) in [6, 6.07) is 64.4. The highest BCUT2D eigenvalue weighted by Gasteiger charge is 2.16.